The van der Waals surface area contributed by atoms with Crippen molar-refractivity contribution in [2.24, 2.45) is 0 Å². The van der Waals surface area contributed by atoms with E-state index in [2.05, 4.69) is 20.5 Å². The first-order valence-electron chi connectivity index (χ1n) is 4.16. The van der Waals surface area contributed by atoms with Gasteiger partial charge in [-0.2, -0.15) is 0 Å². The molecule has 0 aliphatic rings. The molecule has 0 aromatic carbocycles. The molecule has 0 fully saturated rings. The molecule has 0 aliphatic heterocycles. The van der Waals surface area contributed by atoms with Crippen molar-refractivity contribution in [3.05, 3.63) is 10.7 Å². The quantitative estimate of drug-likeness (QED) is 0.853. The van der Waals surface area contributed by atoms with Crippen molar-refractivity contribution in [1.29, 1.82) is 0 Å². The van der Waals surface area contributed by atoms with Crippen LogP contribution in [0.5, 0.6) is 0 Å². The summed E-state index contributed by atoms with van der Waals surface area (Å²) >= 11 is 3.21. The molecule has 0 radical (unpaired) electrons. The fourth-order valence-corrected chi connectivity index (χ4v) is 2.88. The zero-order chi connectivity index (χ0) is 10.1. The van der Waals surface area contributed by atoms with Crippen LogP contribution < -0.4 is 5.32 Å². The molecule has 0 unspecified atom stereocenters. The third kappa shape index (κ3) is 1.62. The van der Waals surface area contributed by atoms with Gasteiger partial charge in [-0.25, -0.2) is 4.98 Å². The van der Waals surface area contributed by atoms with Gasteiger partial charge in [-0.1, -0.05) is 11.3 Å². The van der Waals surface area contributed by atoms with Crippen LogP contribution >= 0.6 is 22.7 Å². The highest BCUT2D eigenvalue weighted by Crippen LogP contribution is 2.32. The Morgan fingerprint density at radius 2 is 1.93 bits per heavy atom. The van der Waals surface area contributed by atoms with Crippen LogP contribution in [-0.2, 0) is 0 Å². The number of nitrogens with one attached hydrogen (secondary N) is 1. The van der Waals surface area contributed by atoms with Crippen LogP contribution in [0.15, 0.2) is 0 Å². The van der Waals surface area contributed by atoms with Crippen molar-refractivity contribution < 1.29 is 0 Å². The topological polar surface area (TPSA) is 50.7 Å². The van der Waals surface area contributed by atoms with Gasteiger partial charge in [-0.15, -0.1) is 21.5 Å². The maximum atomic E-state index is 4.36. The molecule has 1 N–H and O–H groups in total. The lowest BCUT2D eigenvalue weighted by atomic mass is 10.4. The molecule has 2 heterocycles. The predicted molar refractivity (Wildman–Crippen MR) is 60.0 cm³/mol. The second kappa shape index (κ2) is 3.62. The minimum atomic E-state index is 0.838. The van der Waals surface area contributed by atoms with E-state index in [1.165, 1.54) is 0 Å². The SMILES string of the molecule is CNc1nnc(-c2sc(C)nc2C)s1. The Bertz CT molecular complexity index is 446. The van der Waals surface area contributed by atoms with Crippen molar-refractivity contribution in [2.45, 2.75) is 13.8 Å². The summed E-state index contributed by atoms with van der Waals surface area (Å²) in [5.74, 6) is 0. The number of rotatable bonds is 2. The van der Waals surface area contributed by atoms with E-state index in [-0.39, 0.29) is 0 Å². The summed E-state index contributed by atoms with van der Waals surface area (Å²) in [6, 6.07) is 0. The minimum Gasteiger partial charge on any atom is -0.363 e. The summed E-state index contributed by atoms with van der Waals surface area (Å²) in [6.07, 6.45) is 0. The molecule has 0 saturated heterocycles. The Balaban J connectivity index is 2.43. The summed E-state index contributed by atoms with van der Waals surface area (Å²) in [4.78, 5) is 5.49. The van der Waals surface area contributed by atoms with Crippen LogP contribution in [0.1, 0.15) is 10.7 Å². The van der Waals surface area contributed by atoms with Gasteiger partial charge in [0, 0.05) is 7.05 Å². The maximum absolute atomic E-state index is 4.36. The monoisotopic (exact) mass is 226 g/mol. The summed E-state index contributed by atoms with van der Waals surface area (Å²) in [5, 5.41) is 13.9. The summed E-state index contributed by atoms with van der Waals surface area (Å²) in [6.45, 7) is 4.00. The van der Waals surface area contributed by atoms with Gasteiger partial charge in [-0.3, -0.25) is 0 Å². The summed E-state index contributed by atoms with van der Waals surface area (Å²) in [5.41, 5.74) is 1.03. The smallest absolute Gasteiger partial charge is 0.205 e. The first-order valence-corrected chi connectivity index (χ1v) is 5.79. The van der Waals surface area contributed by atoms with E-state index in [4.69, 9.17) is 0 Å². The molecule has 6 heteroatoms. The lowest BCUT2D eigenvalue weighted by Gasteiger charge is -1.88. The van der Waals surface area contributed by atoms with Gasteiger partial charge in [0.05, 0.1) is 15.6 Å². The lowest BCUT2D eigenvalue weighted by molar-refractivity contribution is 1.09. The van der Waals surface area contributed by atoms with Gasteiger partial charge < -0.3 is 5.32 Å². The van der Waals surface area contributed by atoms with Crippen molar-refractivity contribution in [1.82, 2.24) is 15.2 Å². The number of thiazole rings is 1. The molecule has 0 atom stereocenters. The van der Waals surface area contributed by atoms with Crippen LogP contribution in [-0.4, -0.2) is 22.2 Å². The molecule has 14 heavy (non-hydrogen) atoms. The molecule has 0 aliphatic carbocycles. The Morgan fingerprint density at radius 3 is 2.43 bits per heavy atom. The predicted octanol–water partition coefficient (Wildman–Crippen LogP) is 2.32. The molecule has 2 aromatic heterocycles. The minimum absolute atomic E-state index is 0.838. The Morgan fingerprint density at radius 1 is 1.14 bits per heavy atom. The standard InChI is InChI=1S/C8H10N4S2/c1-4-6(13-5(2)10-4)7-11-12-8(9-3)14-7/h1-3H3,(H,9,12). The average molecular weight is 226 g/mol. The molecular weight excluding hydrogens is 216 g/mol. The van der Waals surface area contributed by atoms with E-state index in [0.29, 0.717) is 0 Å². The average Bonchev–Trinajstić information content (AvgIpc) is 2.71. The van der Waals surface area contributed by atoms with Crippen molar-refractivity contribution in [3.8, 4) is 9.88 Å². The summed E-state index contributed by atoms with van der Waals surface area (Å²) < 4.78 is 0. The molecule has 2 rings (SSSR count). The summed E-state index contributed by atoms with van der Waals surface area (Å²) in [7, 11) is 1.84. The highest BCUT2D eigenvalue weighted by atomic mass is 32.1. The van der Waals surface area contributed by atoms with Crippen molar-refractivity contribution in [2.75, 3.05) is 12.4 Å². The molecule has 0 amide bonds. The number of anilines is 1. The second-order valence-electron chi connectivity index (χ2n) is 2.81. The number of aromatic nitrogens is 3. The van der Waals surface area contributed by atoms with Gasteiger partial charge in [0.25, 0.3) is 0 Å². The Hall–Kier alpha value is -1.01. The highest BCUT2D eigenvalue weighted by molar-refractivity contribution is 7.23. The van der Waals surface area contributed by atoms with Crippen LogP contribution in [0.2, 0.25) is 0 Å². The number of hydrogen-bond acceptors (Lipinski definition) is 6. The Labute approximate surface area is 90.0 Å². The second-order valence-corrected chi connectivity index (χ2v) is 4.99. The fourth-order valence-electron chi connectivity index (χ4n) is 1.15. The number of hydrogen-bond donors (Lipinski definition) is 1. The maximum Gasteiger partial charge on any atom is 0.205 e. The molecule has 0 spiro atoms. The van der Waals surface area contributed by atoms with E-state index in [9.17, 15) is 0 Å². The third-order valence-electron chi connectivity index (χ3n) is 1.74. The molecule has 74 valence electrons. The van der Waals surface area contributed by atoms with E-state index in [1.54, 1.807) is 22.7 Å². The zero-order valence-electron chi connectivity index (χ0n) is 8.16. The normalized spacial score (nSPS) is 10.5. The Kier molecular flexibility index (Phi) is 2.47. The first-order chi connectivity index (χ1) is 6.70. The van der Waals surface area contributed by atoms with Gasteiger partial charge in [0.15, 0.2) is 5.01 Å². The molecule has 0 saturated carbocycles. The van der Waals surface area contributed by atoms with E-state index in [1.807, 2.05) is 20.9 Å². The van der Waals surface area contributed by atoms with Gasteiger partial charge in [-0.05, 0) is 13.8 Å². The van der Waals surface area contributed by atoms with Crippen LogP contribution in [0, 0.1) is 13.8 Å². The van der Waals surface area contributed by atoms with Crippen molar-refractivity contribution >= 4 is 27.8 Å². The fraction of sp³-hybridized carbons (Fsp3) is 0.375. The van der Waals surface area contributed by atoms with Crippen LogP contribution in [0.25, 0.3) is 9.88 Å². The van der Waals surface area contributed by atoms with Crippen LogP contribution in [0.4, 0.5) is 5.13 Å². The van der Waals surface area contributed by atoms with E-state index in [0.717, 1.165) is 25.7 Å². The largest absolute Gasteiger partial charge is 0.363 e. The first kappa shape index (κ1) is 9.54. The van der Waals surface area contributed by atoms with Gasteiger partial charge in [0.2, 0.25) is 5.13 Å². The molecule has 2 aromatic rings. The van der Waals surface area contributed by atoms with Gasteiger partial charge >= 0.3 is 0 Å². The highest BCUT2D eigenvalue weighted by Gasteiger charge is 2.12. The molecular formula is C8H10N4S2. The van der Waals surface area contributed by atoms with Gasteiger partial charge in [0.1, 0.15) is 0 Å². The molecule has 0 bridgehead atoms. The van der Waals surface area contributed by atoms with E-state index < -0.39 is 0 Å². The number of aryl methyl sites for hydroxylation is 2. The third-order valence-corrected chi connectivity index (χ3v) is 3.90. The molecule has 4 nitrogen and oxygen atoms in total. The van der Waals surface area contributed by atoms with E-state index >= 15 is 0 Å². The van der Waals surface area contributed by atoms with Crippen molar-refractivity contribution in [3.63, 3.8) is 0 Å². The number of nitrogens with zero attached hydrogens (tertiary/aromatic N) is 3. The van der Waals surface area contributed by atoms with Crippen LogP contribution in [0.3, 0.4) is 0 Å². The lowest BCUT2D eigenvalue weighted by Crippen LogP contribution is -1.84. The zero-order valence-corrected chi connectivity index (χ0v) is 9.79.